The van der Waals surface area contributed by atoms with Crippen LogP contribution in [0.2, 0.25) is 0 Å². The van der Waals surface area contributed by atoms with Crippen LogP contribution in [0.1, 0.15) is 19.8 Å². The second-order valence-corrected chi connectivity index (χ2v) is 3.69. The van der Waals surface area contributed by atoms with Crippen LogP contribution in [0, 0.1) is 11.8 Å². The Kier molecular flexibility index (Phi) is 2.32. The number of esters is 1. The van der Waals surface area contributed by atoms with Crippen LogP contribution in [0.25, 0.3) is 0 Å². The normalized spacial score (nSPS) is 29.5. The Balaban J connectivity index is 2.26. The zero-order chi connectivity index (χ0) is 10.1. The fourth-order valence-corrected chi connectivity index (χ4v) is 2.14. The van der Waals surface area contributed by atoms with Crippen LogP contribution in [-0.2, 0) is 9.53 Å². The van der Waals surface area contributed by atoms with Crippen LogP contribution >= 0.6 is 0 Å². The lowest BCUT2D eigenvalue weighted by Crippen LogP contribution is -2.27. The standard InChI is InChI=1S/C11H14O3/c1-2-14-11(13)9-7-3-5-8(6-4-7)10(9)12/h3,5,7-8,12H,2,4,6H2,1H3. The highest BCUT2D eigenvalue weighted by Crippen LogP contribution is 2.39. The third kappa shape index (κ3) is 1.33. The van der Waals surface area contributed by atoms with E-state index in [2.05, 4.69) is 0 Å². The number of hydrogen-bond donors (Lipinski definition) is 1. The number of ether oxygens (including phenoxy) is 1. The Morgan fingerprint density at radius 3 is 2.64 bits per heavy atom. The van der Waals surface area contributed by atoms with E-state index in [9.17, 15) is 9.90 Å². The molecule has 0 saturated heterocycles. The maximum atomic E-state index is 11.5. The third-order valence-electron chi connectivity index (χ3n) is 2.86. The minimum absolute atomic E-state index is 0.0411. The van der Waals surface area contributed by atoms with Gasteiger partial charge < -0.3 is 9.84 Å². The summed E-state index contributed by atoms with van der Waals surface area (Å²) >= 11 is 0. The van der Waals surface area contributed by atoms with E-state index < -0.39 is 0 Å². The van der Waals surface area contributed by atoms with Crippen molar-refractivity contribution in [1.82, 2.24) is 0 Å². The maximum absolute atomic E-state index is 11.5. The lowest BCUT2D eigenvalue weighted by Gasteiger charge is -2.31. The van der Waals surface area contributed by atoms with Crippen molar-refractivity contribution in [3.63, 3.8) is 0 Å². The van der Waals surface area contributed by atoms with Crippen LogP contribution in [-0.4, -0.2) is 17.7 Å². The van der Waals surface area contributed by atoms with Gasteiger partial charge >= 0.3 is 5.97 Å². The van der Waals surface area contributed by atoms with Crippen molar-refractivity contribution in [3.05, 3.63) is 23.5 Å². The highest BCUT2D eigenvalue weighted by molar-refractivity contribution is 5.90. The lowest BCUT2D eigenvalue weighted by molar-refractivity contribution is -0.139. The molecule has 1 N–H and O–H groups in total. The molecule has 3 rings (SSSR count). The monoisotopic (exact) mass is 194 g/mol. The number of fused-ring (bicyclic) bond motifs is 1. The fourth-order valence-electron chi connectivity index (χ4n) is 2.14. The zero-order valence-corrected chi connectivity index (χ0v) is 8.19. The number of rotatable bonds is 2. The molecule has 3 heteroatoms. The second-order valence-electron chi connectivity index (χ2n) is 3.69. The largest absolute Gasteiger partial charge is 0.511 e. The van der Waals surface area contributed by atoms with Crippen LogP contribution < -0.4 is 0 Å². The lowest BCUT2D eigenvalue weighted by atomic mass is 9.75. The summed E-state index contributed by atoms with van der Waals surface area (Å²) in [6.07, 6.45) is 5.86. The number of carbonyl (C=O) groups excluding carboxylic acids is 1. The first-order valence-corrected chi connectivity index (χ1v) is 5.02. The number of allylic oxidation sites excluding steroid dienone is 2. The van der Waals surface area contributed by atoms with Gasteiger partial charge in [-0.05, 0) is 19.8 Å². The average Bonchev–Trinajstić information content (AvgIpc) is 2.19. The van der Waals surface area contributed by atoms with E-state index in [0.717, 1.165) is 12.8 Å². The highest BCUT2D eigenvalue weighted by atomic mass is 16.5. The minimum Gasteiger partial charge on any atom is -0.511 e. The first-order valence-electron chi connectivity index (χ1n) is 5.02. The Hall–Kier alpha value is -1.25. The van der Waals surface area contributed by atoms with E-state index in [1.807, 2.05) is 12.2 Å². The van der Waals surface area contributed by atoms with Gasteiger partial charge in [0.05, 0.1) is 12.2 Å². The summed E-state index contributed by atoms with van der Waals surface area (Å²) < 4.78 is 4.91. The molecule has 0 saturated carbocycles. The first-order chi connectivity index (χ1) is 6.74. The third-order valence-corrected chi connectivity index (χ3v) is 2.86. The van der Waals surface area contributed by atoms with Crippen LogP contribution in [0.3, 0.4) is 0 Å². The molecule has 2 atom stereocenters. The molecule has 0 radical (unpaired) electrons. The summed E-state index contributed by atoms with van der Waals surface area (Å²) in [4.78, 5) is 11.5. The van der Waals surface area contributed by atoms with Crippen molar-refractivity contribution in [2.24, 2.45) is 11.8 Å². The molecule has 0 aromatic heterocycles. The maximum Gasteiger partial charge on any atom is 0.338 e. The molecular formula is C11H14O3. The van der Waals surface area contributed by atoms with Crippen molar-refractivity contribution >= 4 is 5.97 Å². The molecule has 2 unspecified atom stereocenters. The number of aliphatic hydroxyl groups is 1. The van der Waals surface area contributed by atoms with Crippen LogP contribution in [0.5, 0.6) is 0 Å². The Labute approximate surface area is 83.1 Å². The SMILES string of the molecule is CCOC(=O)C1=C(O)C2C=CC1CC2. The average molecular weight is 194 g/mol. The van der Waals surface area contributed by atoms with Gasteiger partial charge in [-0.1, -0.05) is 12.2 Å². The van der Waals surface area contributed by atoms with Gasteiger partial charge in [-0.25, -0.2) is 4.79 Å². The Morgan fingerprint density at radius 2 is 2.14 bits per heavy atom. The van der Waals surface area contributed by atoms with E-state index in [1.165, 1.54) is 0 Å². The van der Waals surface area contributed by atoms with E-state index in [0.29, 0.717) is 12.2 Å². The molecule has 0 spiro atoms. The topological polar surface area (TPSA) is 46.5 Å². The van der Waals surface area contributed by atoms with Crippen molar-refractivity contribution in [3.8, 4) is 0 Å². The number of carbonyl (C=O) groups is 1. The first kappa shape index (κ1) is 9.31. The van der Waals surface area contributed by atoms with E-state index >= 15 is 0 Å². The van der Waals surface area contributed by atoms with E-state index in [-0.39, 0.29) is 23.6 Å². The molecule has 0 amide bonds. The smallest absolute Gasteiger partial charge is 0.338 e. The zero-order valence-electron chi connectivity index (χ0n) is 8.19. The molecule has 0 aliphatic heterocycles. The van der Waals surface area contributed by atoms with Gasteiger partial charge in [0.15, 0.2) is 0 Å². The second kappa shape index (κ2) is 3.48. The summed E-state index contributed by atoms with van der Waals surface area (Å²) in [6.45, 7) is 2.13. The molecule has 0 heterocycles. The minimum atomic E-state index is -0.357. The van der Waals surface area contributed by atoms with Gasteiger partial charge in [0, 0.05) is 11.8 Å². The molecule has 14 heavy (non-hydrogen) atoms. The molecule has 3 aliphatic carbocycles. The highest BCUT2D eigenvalue weighted by Gasteiger charge is 2.35. The molecule has 0 fully saturated rings. The summed E-state index contributed by atoms with van der Waals surface area (Å²) in [5.41, 5.74) is 0.477. The summed E-state index contributed by atoms with van der Waals surface area (Å²) in [6, 6.07) is 0. The molecule has 3 aliphatic rings. The Bertz CT molecular complexity index is 314. The number of hydrogen-bond acceptors (Lipinski definition) is 3. The predicted octanol–water partition coefficient (Wildman–Crippen LogP) is 1.96. The quantitative estimate of drug-likeness (QED) is 0.540. The molecular weight excluding hydrogens is 180 g/mol. The molecule has 3 nitrogen and oxygen atoms in total. The Morgan fingerprint density at radius 1 is 1.50 bits per heavy atom. The van der Waals surface area contributed by atoms with Gasteiger partial charge in [0.25, 0.3) is 0 Å². The molecule has 0 aromatic rings. The van der Waals surface area contributed by atoms with E-state index in [1.54, 1.807) is 6.92 Å². The van der Waals surface area contributed by atoms with Crippen molar-refractivity contribution in [2.75, 3.05) is 6.61 Å². The van der Waals surface area contributed by atoms with Crippen LogP contribution in [0.15, 0.2) is 23.5 Å². The van der Waals surface area contributed by atoms with Gasteiger partial charge in [0.1, 0.15) is 5.76 Å². The molecule has 76 valence electrons. The predicted molar refractivity (Wildman–Crippen MR) is 51.6 cm³/mol. The summed E-state index contributed by atoms with van der Waals surface area (Å²) in [7, 11) is 0. The van der Waals surface area contributed by atoms with Crippen molar-refractivity contribution in [1.29, 1.82) is 0 Å². The fraction of sp³-hybridized carbons (Fsp3) is 0.545. The van der Waals surface area contributed by atoms with Gasteiger partial charge in [-0.3, -0.25) is 0 Å². The van der Waals surface area contributed by atoms with Crippen molar-refractivity contribution < 1.29 is 14.6 Å². The van der Waals surface area contributed by atoms with E-state index in [4.69, 9.17) is 4.74 Å². The van der Waals surface area contributed by atoms with Crippen molar-refractivity contribution in [2.45, 2.75) is 19.8 Å². The van der Waals surface area contributed by atoms with Gasteiger partial charge in [-0.15, -0.1) is 0 Å². The van der Waals surface area contributed by atoms with Gasteiger partial charge in [0.2, 0.25) is 0 Å². The molecule has 0 aromatic carbocycles. The summed E-state index contributed by atoms with van der Waals surface area (Å²) in [5, 5.41) is 9.78. The van der Waals surface area contributed by atoms with Gasteiger partial charge in [-0.2, -0.15) is 0 Å². The molecule has 2 bridgehead atoms. The summed E-state index contributed by atoms with van der Waals surface area (Å²) in [5.74, 6) is -0.0234. The van der Waals surface area contributed by atoms with Crippen LogP contribution in [0.4, 0.5) is 0 Å². The number of aliphatic hydroxyl groups excluding tert-OH is 1.